The Hall–Kier alpha value is -2.47. The summed E-state index contributed by atoms with van der Waals surface area (Å²) >= 11 is 0. The van der Waals surface area contributed by atoms with Gasteiger partial charge in [0.1, 0.15) is 11.5 Å². The van der Waals surface area contributed by atoms with Crippen molar-refractivity contribution in [1.29, 1.82) is 0 Å². The Morgan fingerprint density at radius 3 is 2.86 bits per heavy atom. The number of fused-ring (bicyclic) bond motifs is 1. The van der Waals surface area contributed by atoms with Crippen LogP contribution in [0.5, 0.6) is 0 Å². The average Bonchev–Trinajstić information content (AvgIpc) is 2.98. The molecule has 3 aromatic rings. The van der Waals surface area contributed by atoms with Gasteiger partial charge in [0, 0.05) is 37.1 Å². The van der Waals surface area contributed by atoms with Crippen molar-refractivity contribution >= 4 is 11.5 Å². The Bertz CT molecular complexity index is 750. The van der Waals surface area contributed by atoms with E-state index in [2.05, 4.69) is 27.3 Å². The van der Waals surface area contributed by atoms with E-state index in [4.69, 9.17) is 5.73 Å². The molecule has 6 nitrogen and oxygen atoms in total. The van der Waals surface area contributed by atoms with E-state index in [1.165, 1.54) is 0 Å². The zero-order valence-corrected chi connectivity index (χ0v) is 12.7. The summed E-state index contributed by atoms with van der Waals surface area (Å²) in [5, 5.41) is 7.94. The van der Waals surface area contributed by atoms with Crippen molar-refractivity contribution in [3.05, 3.63) is 42.2 Å². The molecule has 0 aliphatic carbocycles. The van der Waals surface area contributed by atoms with Crippen molar-refractivity contribution in [2.45, 2.75) is 19.8 Å². The zero-order chi connectivity index (χ0) is 15.4. The second-order valence-corrected chi connectivity index (χ2v) is 5.11. The van der Waals surface area contributed by atoms with E-state index in [0.717, 1.165) is 41.4 Å². The number of anilines is 1. The molecule has 0 fully saturated rings. The summed E-state index contributed by atoms with van der Waals surface area (Å²) in [4.78, 5) is 9.03. The van der Waals surface area contributed by atoms with Crippen molar-refractivity contribution in [1.82, 2.24) is 19.6 Å². The van der Waals surface area contributed by atoms with Gasteiger partial charge in [-0.2, -0.15) is 9.61 Å². The van der Waals surface area contributed by atoms with E-state index >= 15 is 0 Å². The van der Waals surface area contributed by atoms with Crippen LogP contribution in [0.3, 0.4) is 0 Å². The molecular weight excluding hydrogens is 276 g/mol. The van der Waals surface area contributed by atoms with Gasteiger partial charge >= 0.3 is 0 Å². The van der Waals surface area contributed by atoms with Crippen molar-refractivity contribution in [2.24, 2.45) is 5.73 Å². The van der Waals surface area contributed by atoms with Gasteiger partial charge in [-0.15, -0.1) is 0 Å². The second-order valence-electron chi connectivity index (χ2n) is 5.11. The first-order valence-electron chi connectivity index (χ1n) is 7.57. The third-order valence-electron chi connectivity index (χ3n) is 3.36. The highest BCUT2D eigenvalue weighted by molar-refractivity contribution is 5.62. The molecule has 6 heteroatoms. The fourth-order valence-corrected chi connectivity index (χ4v) is 2.38. The maximum absolute atomic E-state index is 5.60. The van der Waals surface area contributed by atoms with Crippen LogP contribution in [0.1, 0.15) is 19.0 Å². The van der Waals surface area contributed by atoms with Crippen LogP contribution in [0.2, 0.25) is 0 Å². The third-order valence-corrected chi connectivity index (χ3v) is 3.36. The SMILES string of the molecule is CCCc1cc(NCCN)n2nc(-c3ccccn3)cc2n1. The highest BCUT2D eigenvalue weighted by atomic mass is 15.3. The topological polar surface area (TPSA) is 81.1 Å². The molecule has 22 heavy (non-hydrogen) atoms. The molecule has 0 atom stereocenters. The van der Waals surface area contributed by atoms with Crippen LogP contribution >= 0.6 is 0 Å². The highest BCUT2D eigenvalue weighted by Gasteiger charge is 2.11. The Labute approximate surface area is 129 Å². The molecule has 0 amide bonds. The van der Waals surface area contributed by atoms with Crippen LogP contribution in [-0.4, -0.2) is 32.7 Å². The summed E-state index contributed by atoms with van der Waals surface area (Å²) in [5.74, 6) is 0.918. The van der Waals surface area contributed by atoms with Gasteiger partial charge in [-0.1, -0.05) is 19.4 Å². The lowest BCUT2D eigenvalue weighted by atomic mass is 10.2. The van der Waals surface area contributed by atoms with Gasteiger partial charge in [-0.05, 0) is 18.6 Å². The summed E-state index contributed by atoms with van der Waals surface area (Å²) in [5.41, 5.74) is 9.14. The van der Waals surface area contributed by atoms with Gasteiger partial charge in [-0.25, -0.2) is 4.98 Å². The van der Waals surface area contributed by atoms with E-state index in [1.54, 1.807) is 6.20 Å². The number of aromatic nitrogens is 4. The van der Waals surface area contributed by atoms with Crippen LogP contribution < -0.4 is 11.1 Å². The summed E-state index contributed by atoms with van der Waals surface area (Å²) in [7, 11) is 0. The molecule has 0 aliphatic rings. The zero-order valence-electron chi connectivity index (χ0n) is 12.7. The number of rotatable bonds is 6. The smallest absolute Gasteiger partial charge is 0.158 e. The first kappa shape index (κ1) is 14.5. The van der Waals surface area contributed by atoms with E-state index in [1.807, 2.05) is 34.8 Å². The predicted molar refractivity (Wildman–Crippen MR) is 87.8 cm³/mol. The van der Waals surface area contributed by atoms with E-state index in [-0.39, 0.29) is 0 Å². The van der Waals surface area contributed by atoms with E-state index in [0.29, 0.717) is 13.1 Å². The maximum atomic E-state index is 5.60. The Kier molecular flexibility index (Phi) is 4.29. The fourth-order valence-electron chi connectivity index (χ4n) is 2.38. The van der Waals surface area contributed by atoms with E-state index in [9.17, 15) is 0 Å². The van der Waals surface area contributed by atoms with Crippen LogP contribution in [0.15, 0.2) is 36.5 Å². The number of nitrogens with zero attached hydrogens (tertiary/aromatic N) is 4. The molecule has 0 saturated carbocycles. The predicted octanol–water partition coefficient (Wildman–Crippen LogP) is 2.11. The van der Waals surface area contributed by atoms with Crippen LogP contribution in [0.4, 0.5) is 5.82 Å². The van der Waals surface area contributed by atoms with Crippen LogP contribution in [0.25, 0.3) is 17.0 Å². The second kappa shape index (κ2) is 6.53. The lowest BCUT2D eigenvalue weighted by Crippen LogP contribution is -2.16. The lowest BCUT2D eigenvalue weighted by Gasteiger charge is -2.09. The monoisotopic (exact) mass is 296 g/mol. The van der Waals surface area contributed by atoms with Crippen molar-refractivity contribution < 1.29 is 0 Å². The van der Waals surface area contributed by atoms with Crippen molar-refractivity contribution in [3.8, 4) is 11.4 Å². The van der Waals surface area contributed by atoms with Gasteiger partial charge in [0.25, 0.3) is 0 Å². The third kappa shape index (κ3) is 2.92. The van der Waals surface area contributed by atoms with Crippen LogP contribution in [-0.2, 0) is 6.42 Å². The van der Waals surface area contributed by atoms with Gasteiger partial charge in [0.15, 0.2) is 5.65 Å². The average molecular weight is 296 g/mol. The van der Waals surface area contributed by atoms with E-state index < -0.39 is 0 Å². The highest BCUT2D eigenvalue weighted by Crippen LogP contribution is 2.20. The Balaban J connectivity index is 2.08. The number of pyridine rings is 1. The molecule has 3 aromatic heterocycles. The molecule has 0 unspecified atom stereocenters. The molecule has 0 radical (unpaired) electrons. The molecule has 0 bridgehead atoms. The summed E-state index contributed by atoms with van der Waals surface area (Å²) < 4.78 is 1.82. The lowest BCUT2D eigenvalue weighted by molar-refractivity contribution is 0.855. The first-order valence-corrected chi connectivity index (χ1v) is 7.57. The summed E-state index contributed by atoms with van der Waals surface area (Å²) in [6.07, 6.45) is 3.77. The van der Waals surface area contributed by atoms with Crippen LogP contribution in [0, 0.1) is 0 Å². The number of nitrogens with two attached hydrogens (primary N) is 1. The molecule has 3 N–H and O–H groups in total. The number of hydrogen-bond acceptors (Lipinski definition) is 5. The normalized spacial score (nSPS) is 11.0. The molecule has 0 aromatic carbocycles. The molecule has 114 valence electrons. The molecule has 0 aliphatic heterocycles. The Morgan fingerprint density at radius 1 is 1.23 bits per heavy atom. The summed E-state index contributed by atoms with van der Waals surface area (Å²) in [6.45, 7) is 3.42. The van der Waals surface area contributed by atoms with Gasteiger partial charge in [0.05, 0.1) is 5.69 Å². The van der Waals surface area contributed by atoms with Crippen molar-refractivity contribution in [3.63, 3.8) is 0 Å². The minimum Gasteiger partial charge on any atom is -0.369 e. The minimum absolute atomic E-state index is 0.571. The maximum Gasteiger partial charge on any atom is 0.158 e. The molecule has 3 rings (SSSR count). The number of hydrogen-bond donors (Lipinski definition) is 2. The standard InChI is InChI=1S/C16H20N6/c1-2-5-12-10-15(19-9-7-17)22-16(20-12)11-14(21-22)13-6-3-4-8-18-13/h3-4,6,8,10-11,19H,2,5,7,9,17H2,1H3. The molecule has 0 spiro atoms. The number of aryl methyl sites for hydroxylation is 1. The molecule has 3 heterocycles. The molecular formula is C16H20N6. The fraction of sp³-hybridized carbons (Fsp3) is 0.312. The first-order chi connectivity index (χ1) is 10.8. The van der Waals surface area contributed by atoms with Gasteiger partial charge in [0.2, 0.25) is 0 Å². The number of nitrogens with one attached hydrogen (secondary N) is 1. The molecule has 0 saturated heterocycles. The summed E-state index contributed by atoms with van der Waals surface area (Å²) in [6, 6.07) is 9.80. The Morgan fingerprint density at radius 2 is 2.14 bits per heavy atom. The minimum atomic E-state index is 0.571. The van der Waals surface area contributed by atoms with Gasteiger partial charge < -0.3 is 11.1 Å². The quantitative estimate of drug-likeness (QED) is 0.728. The van der Waals surface area contributed by atoms with Gasteiger partial charge in [-0.3, -0.25) is 4.98 Å². The largest absolute Gasteiger partial charge is 0.369 e. The van der Waals surface area contributed by atoms with Crippen molar-refractivity contribution in [2.75, 3.05) is 18.4 Å².